The highest BCUT2D eigenvalue weighted by Crippen LogP contribution is 2.36. The van der Waals surface area contributed by atoms with Gasteiger partial charge in [-0.1, -0.05) is 50.6 Å². The second kappa shape index (κ2) is 7.95. The fraction of sp³-hybridized carbons (Fsp3) is 0.391. The summed E-state index contributed by atoms with van der Waals surface area (Å²) in [6.45, 7) is 10.8. The second-order valence-electron chi connectivity index (χ2n) is 7.84. The predicted molar refractivity (Wildman–Crippen MR) is 112 cm³/mol. The molecule has 0 radical (unpaired) electrons. The van der Waals surface area contributed by atoms with Gasteiger partial charge in [0, 0.05) is 11.5 Å². The van der Waals surface area contributed by atoms with E-state index >= 15 is 0 Å². The van der Waals surface area contributed by atoms with E-state index in [0.29, 0.717) is 11.6 Å². The van der Waals surface area contributed by atoms with Gasteiger partial charge in [0.25, 0.3) is 0 Å². The van der Waals surface area contributed by atoms with Gasteiger partial charge in [-0.15, -0.1) is 15.0 Å². The summed E-state index contributed by atoms with van der Waals surface area (Å²) in [6.07, 6.45) is 4.55. The Hall–Kier alpha value is -2.62. The Kier molecular flexibility index (Phi) is 5.64. The molecule has 3 rings (SSSR count). The summed E-state index contributed by atoms with van der Waals surface area (Å²) in [5.74, 6) is 1.09. The molecule has 4 heteroatoms. The van der Waals surface area contributed by atoms with Gasteiger partial charge in [0.15, 0.2) is 0 Å². The van der Waals surface area contributed by atoms with E-state index in [4.69, 9.17) is 0 Å². The fourth-order valence-electron chi connectivity index (χ4n) is 3.30. The molecular formula is C23H29N3O. The first-order valence-electron chi connectivity index (χ1n) is 9.69. The summed E-state index contributed by atoms with van der Waals surface area (Å²) in [5.41, 5.74) is 5.55. The van der Waals surface area contributed by atoms with Crippen LogP contribution in [0.5, 0.6) is 5.75 Å². The highest BCUT2D eigenvalue weighted by molar-refractivity contribution is 5.73. The van der Waals surface area contributed by atoms with Crippen LogP contribution in [0.25, 0.3) is 16.7 Å². The SMILES string of the molecule is C/C(=C\CCC(C)C)C(C)c1cc(C)cc(-n2nc3ccccc3n2)c1O. The molecular weight excluding hydrogens is 334 g/mol. The van der Waals surface area contributed by atoms with Gasteiger partial charge < -0.3 is 5.11 Å². The molecule has 0 aliphatic heterocycles. The number of rotatable bonds is 6. The number of phenols is 1. The second-order valence-corrected chi connectivity index (χ2v) is 7.84. The van der Waals surface area contributed by atoms with Gasteiger partial charge in [0.2, 0.25) is 0 Å². The molecule has 1 aromatic heterocycles. The summed E-state index contributed by atoms with van der Waals surface area (Å²) >= 11 is 0. The van der Waals surface area contributed by atoms with Crippen LogP contribution < -0.4 is 0 Å². The normalized spacial score (nSPS) is 13.5. The molecule has 142 valence electrons. The van der Waals surface area contributed by atoms with Crippen molar-refractivity contribution in [3.05, 3.63) is 59.2 Å². The van der Waals surface area contributed by atoms with E-state index < -0.39 is 0 Å². The van der Waals surface area contributed by atoms with Gasteiger partial charge in [0.05, 0.1) is 0 Å². The highest BCUT2D eigenvalue weighted by atomic mass is 16.3. The molecule has 1 atom stereocenters. The zero-order chi connectivity index (χ0) is 19.6. The number of benzene rings is 2. The van der Waals surface area contributed by atoms with Crippen LogP contribution >= 0.6 is 0 Å². The first kappa shape index (κ1) is 19.2. The Morgan fingerprint density at radius 1 is 1.11 bits per heavy atom. The molecule has 3 aromatic rings. The average molecular weight is 364 g/mol. The third-order valence-electron chi connectivity index (χ3n) is 5.13. The topological polar surface area (TPSA) is 50.9 Å². The Morgan fingerprint density at radius 2 is 1.74 bits per heavy atom. The van der Waals surface area contributed by atoms with Crippen LogP contribution in [0, 0.1) is 12.8 Å². The van der Waals surface area contributed by atoms with Crippen LogP contribution in [0.1, 0.15) is 57.6 Å². The van der Waals surface area contributed by atoms with Gasteiger partial charge in [-0.3, -0.25) is 0 Å². The van der Waals surface area contributed by atoms with Crippen molar-refractivity contribution in [2.24, 2.45) is 5.92 Å². The van der Waals surface area contributed by atoms with Gasteiger partial charge in [-0.2, -0.15) is 0 Å². The first-order chi connectivity index (χ1) is 12.9. The zero-order valence-electron chi connectivity index (χ0n) is 16.9. The van der Waals surface area contributed by atoms with Crippen LogP contribution in [-0.2, 0) is 0 Å². The van der Waals surface area contributed by atoms with Crippen LogP contribution in [0.3, 0.4) is 0 Å². The van der Waals surface area contributed by atoms with Crippen LogP contribution in [0.15, 0.2) is 48.0 Å². The molecule has 1 unspecified atom stereocenters. The van der Waals surface area contributed by atoms with Crippen molar-refractivity contribution in [1.82, 2.24) is 15.0 Å². The fourth-order valence-corrected chi connectivity index (χ4v) is 3.30. The number of aromatic nitrogens is 3. The summed E-state index contributed by atoms with van der Waals surface area (Å²) in [7, 11) is 0. The van der Waals surface area contributed by atoms with Gasteiger partial charge >= 0.3 is 0 Å². The minimum Gasteiger partial charge on any atom is -0.505 e. The minimum absolute atomic E-state index is 0.140. The summed E-state index contributed by atoms with van der Waals surface area (Å²) in [5, 5.41) is 20.1. The maximum absolute atomic E-state index is 11.0. The van der Waals surface area contributed by atoms with Crippen molar-refractivity contribution >= 4 is 11.0 Å². The Labute approximate surface area is 161 Å². The van der Waals surface area contributed by atoms with Crippen LogP contribution in [-0.4, -0.2) is 20.1 Å². The largest absolute Gasteiger partial charge is 0.505 e. The molecule has 1 heterocycles. The molecule has 0 aliphatic carbocycles. The van der Waals surface area contributed by atoms with Gasteiger partial charge in [-0.25, -0.2) is 0 Å². The molecule has 0 amide bonds. The molecule has 0 saturated carbocycles. The smallest absolute Gasteiger partial charge is 0.146 e. The lowest BCUT2D eigenvalue weighted by molar-refractivity contribution is 0.458. The summed E-state index contributed by atoms with van der Waals surface area (Å²) in [4.78, 5) is 1.54. The Balaban J connectivity index is 1.98. The van der Waals surface area contributed by atoms with Crippen molar-refractivity contribution < 1.29 is 5.11 Å². The van der Waals surface area contributed by atoms with E-state index in [1.165, 1.54) is 12.0 Å². The van der Waals surface area contributed by atoms with E-state index in [1.54, 1.807) is 4.80 Å². The minimum atomic E-state index is 0.140. The summed E-state index contributed by atoms with van der Waals surface area (Å²) < 4.78 is 0. The quantitative estimate of drug-likeness (QED) is 0.553. The number of phenolic OH excluding ortho intramolecular Hbond substituents is 1. The standard InChI is InChI=1S/C23H29N3O/c1-15(2)9-8-10-17(4)18(5)19-13-16(3)14-22(23(19)27)26-24-20-11-6-7-12-21(20)25-26/h6-7,10-15,18,27H,8-9H2,1-5H3/b17-10+. The highest BCUT2D eigenvalue weighted by Gasteiger charge is 2.18. The molecule has 27 heavy (non-hydrogen) atoms. The average Bonchev–Trinajstić information content (AvgIpc) is 3.06. The van der Waals surface area contributed by atoms with E-state index in [-0.39, 0.29) is 11.7 Å². The number of nitrogens with zero attached hydrogens (tertiary/aromatic N) is 3. The maximum atomic E-state index is 11.0. The van der Waals surface area contributed by atoms with E-state index in [0.717, 1.165) is 28.6 Å². The van der Waals surface area contributed by atoms with Crippen molar-refractivity contribution in [1.29, 1.82) is 0 Å². The molecule has 4 nitrogen and oxygen atoms in total. The molecule has 0 fully saturated rings. The third-order valence-corrected chi connectivity index (χ3v) is 5.13. The number of hydrogen-bond donors (Lipinski definition) is 1. The molecule has 0 bridgehead atoms. The van der Waals surface area contributed by atoms with Gasteiger partial charge in [0.1, 0.15) is 22.5 Å². The molecule has 1 N–H and O–H groups in total. The Bertz CT molecular complexity index is 936. The van der Waals surface area contributed by atoms with E-state index in [1.807, 2.05) is 37.3 Å². The summed E-state index contributed by atoms with van der Waals surface area (Å²) in [6, 6.07) is 11.7. The molecule has 2 aromatic carbocycles. The third kappa shape index (κ3) is 4.21. The maximum Gasteiger partial charge on any atom is 0.146 e. The van der Waals surface area contributed by atoms with E-state index in [9.17, 15) is 5.11 Å². The number of fused-ring (bicyclic) bond motifs is 1. The van der Waals surface area contributed by atoms with Crippen molar-refractivity contribution in [2.75, 3.05) is 0 Å². The monoisotopic (exact) mass is 363 g/mol. The molecule has 0 aliphatic rings. The zero-order valence-corrected chi connectivity index (χ0v) is 16.9. The van der Waals surface area contributed by atoms with Crippen LogP contribution in [0.2, 0.25) is 0 Å². The lowest BCUT2D eigenvalue weighted by Crippen LogP contribution is -2.04. The van der Waals surface area contributed by atoms with Crippen LogP contribution in [0.4, 0.5) is 0 Å². The molecule has 0 saturated heterocycles. The van der Waals surface area contributed by atoms with Gasteiger partial charge in [-0.05, 0) is 56.4 Å². The first-order valence-corrected chi connectivity index (χ1v) is 9.69. The predicted octanol–water partition coefficient (Wildman–Crippen LogP) is 5.92. The number of allylic oxidation sites excluding steroid dienone is 2. The molecule has 0 spiro atoms. The van der Waals surface area contributed by atoms with E-state index in [2.05, 4.69) is 50.0 Å². The Morgan fingerprint density at radius 3 is 2.33 bits per heavy atom. The lowest BCUT2D eigenvalue weighted by atomic mass is 9.90. The van der Waals surface area contributed by atoms with Crippen molar-refractivity contribution in [2.45, 2.75) is 53.4 Å². The van der Waals surface area contributed by atoms with Crippen molar-refractivity contribution in [3.63, 3.8) is 0 Å². The lowest BCUT2D eigenvalue weighted by Gasteiger charge is -2.18. The van der Waals surface area contributed by atoms with Crippen molar-refractivity contribution in [3.8, 4) is 11.4 Å². The number of aryl methyl sites for hydroxylation is 1. The number of aromatic hydroxyl groups is 1. The number of hydrogen-bond acceptors (Lipinski definition) is 3.